The normalized spacial score (nSPS) is 23.1. The predicted octanol–water partition coefficient (Wildman–Crippen LogP) is 1.84. The molecule has 2 aliphatic rings. The van der Waals surface area contributed by atoms with Crippen LogP contribution in [0.1, 0.15) is 50.5 Å². The van der Waals surface area contributed by atoms with Crippen LogP contribution in [0.3, 0.4) is 0 Å². The van der Waals surface area contributed by atoms with Gasteiger partial charge < -0.3 is 4.90 Å². The Balaban J connectivity index is 1.67. The SMILES string of the molecule is Cc1nn(C(C)C)c(C)c1S(=O)(=O)NC[C@H]1CCN(C2CC2)C1. The first kappa shape index (κ1) is 16.9. The Morgan fingerprint density at radius 1 is 1.26 bits per heavy atom. The lowest BCUT2D eigenvalue weighted by Gasteiger charge is -2.15. The van der Waals surface area contributed by atoms with E-state index in [2.05, 4.69) is 14.7 Å². The van der Waals surface area contributed by atoms with Gasteiger partial charge in [0.25, 0.3) is 0 Å². The summed E-state index contributed by atoms with van der Waals surface area (Å²) in [6.07, 6.45) is 3.71. The molecule has 1 aromatic heterocycles. The molecular formula is C16H28N4O2S. The highest BCUT2D eigenvalue weighted by Gasteiger charge is 2.35. The maximum atomic E-state index is 12.7. The average molecular weight is 340 g/mol. The molecule has 1 aliphatic heterocycles. The zero-order valence-corrected chi connectivity index (χ0v) is 15.4. The first-order valence-corrected chi connectivity index (χ1v) is 10.1. The quantitative estimate of drug-likeness (QED) is 0.858. The van der Waals surface area contributed by atoms with Crippen LogP contribution in [0.4, 0.5) is 0 Å². The maximum Gasteiger partial charge on any atom is 0.244 e. The van der Waals surface area contributed by atoms with Gasteiger partial charge in [0.05, 0.1) is 11.4 Å². The minimum atomic E-state index is -3.50. The van der Waals surface area contributed by atoms with E-state index in [-0.39, 0.29) is 6.04 Å². The number of sulfonamides is 1. The number of likely N-dealkylation sites (tertiary alicyclic amines) is 1. The summed E-state index contributed by atoms with van der Waals surface area (Å²) in [6, 6.07) is 0.921. The minimum absolute atomic E-state index is 0.152. The van der Waals surface area contributed by atoms with Crippen molar-refractivity contribution >= 4 is 10.0 Å². The highest BCUT2D eigenvalue weighted by atomic mass is 32.2. The second-order valence-corrected chi connectivity index (χ2v) is 8.97. The van der Waals surface area contributed by atoms with Gasteiger partial charge in [-0.3, -0.25) is 4.68 Å². The molecular weight excluding hydrogens is 312 g/mol. The molecule has 3 rings (SSSR count). The van der Waals surface area contributed by atoms with Crippen molar-refractivity contribution in [3.63, 3.8) is 0 Å². The van der Waals surface area contributed by atoms with Crippen molar-refractivity contribution in [2.75, 3.05) is 19.6 Å². The molecule has 7 heteroatoms. The highest BCUT2D eigenvalue weighted by molar-refractivity contribution is 7.89. The smallest absolute Gasteiger partial charge is 0.244 e. The number of rotatable bonds is 6. The standard InChI is InChI=1S/C16H28N4O2S/c1-11(2)20-13(4)16(12(3)18-20)23(21,22)17-9-14-7-8-19(10-14)15-5-6-15/h11,14-15,17H,5-10H2,1-4H3/t14-/m1/s1. The van der Waals surface area contributed by atoms with E-state index in [1.54, 1.807) is 11.6 Å². The maximum absolute atomic E-state index is 12.7. The van der Waals surface area contributed by atoms with Crippen LogP contribution in [-0.4, -0.2) is 48.8 Å². The third kappa shape index (κ3) is 3.46. The van der Waals surface area contributed by atoms with Gasteiger partial charge in [0.1, 0.15) is 4.90 Å². The van der Waals surface area contributed by atoms with Gasteiger partial charge >= 0.3 is 0 Å². The first-order chi connectivity index (χ1) is 10.8. The summed E-state index contributed by atoms with van der Waals surface area (Å²) in [7, 11) is -3.50. The van der Waals surface area contributed by atoms with Crippen LogP contribution >= 0.6 is 0 Å². The molecule has 1 aliphatic carbocycles. The highest BCUT2D eigenvalue weighted by Crippen LogP contribution is 2.31. The van der Waals surface area contributed by atoms with Crippen LogP contribution < -0.4 is 4.72 Å². The van der Waals surface area contributed by atoms with Crippen molar-refractivity contribution in [1.29, 1.82) is 0 Å². The summed E-state index contributed by atoms with van der Waals surface area (Å²) < 4.78 is 30.0. The zero-order chi connectivity index (χ0) is 16.8. The molecule has 0 radical (unpaired) electrons. The third-order valence-electron chi connectivity index (χ3n) is 4.96. The fourth-order valence-electron chi connectivity index (χ4n) is 3.64. The molecule has 0 unspecified atom stereocenters. The molecule has 130 valence electrons. The fourth-order valence-corrected chi connectivity index (χ4v) is 5.15. The van der Waals surface area contributed by atoms with Crippen LogP contribution in [0.15, 0.2) is 4.90 Å². The van der Waals surface area contributed by atoms with Gasteiger partial charge in [-0.05, 0) is 59.4 Å². The van der Waals surface area contributed by atoms with E-state index in [1.807, 2.05) is 20.8 Å². The van der Waals surface area contributed by atoms with Crippen LogP contribution in [0.5, 0.6) is 0 Å². The number of nitrogens with zero attached hydrogens (tertiary/aromatic N) is 3. The molecule has 23 heavy (non-hydrogen) atoms. The number of hydrogen-bond donors (Lipinski definition) is 1. The molecule has 1 saturated carbocycles. The summed E-state index contributed by atoms with van der Waals surface area (Å²) >= 11 is 0. The molecule has 1 aromatic rings. The van der Waals surface area contributed by atoms with E-state index in [0.29, 0.717) is 23.1 Å². The van der Waals surface area contributed by atoms with E-state index >= 15 is 0 Å². The summed E-state index contributed by atoms with van der Waals surface area (Å²) in [4.78, 5) is 2.86. The summed E-state index contributed by atoms with van der Waals surface area (Å²) in [5, 5.41) is 4.39. The summed E-state index contributed by atoms with van der Waals surface area (Å²) in [6.45, 7) is 10.3. The van der Waals surface area contributed by atoms with Gasteiger partial charge in [0, 0.05) is 25.2 Å². The molecule has 2 heterocycles. The molecule has 6 nitrogen and oxygen atoms in total. The van der Waals surface area contributed by atoms with Gasteiger partial charge in [-0.2, -0.15) is 5.10 Å². The van der Waals surface area contributed by atoms with E-state index in [0.717, 1.165) is 31.2 Å². The number of hydrogen-bond acceptors (Lipinski definition) is 4. The average Bonchev–Trinajstić information content (AvgIpc) is 3.12. The van der Waals surface area contributed by atoms with Crippen molar-refractivity contribution in [3.8, 4) is 0 Å². The monoisotopic (exact) mass is 340 g/mol. The van der Waals surface area contributed by atoms with Crippen molar-refractivity contribution in [3.05, 3.63) is 11.4 Å². The van der Waals surface area contributed by atoms with Gasteiger partial charge in [-0.15, -0.1) is 0 Å². The number of nitrogens with one attached hydrogen (secondary N) is 1. The number of aromatic nitrogens is 2. The number of aryl methyl sites for hydroxylation is 1. The van der Waals surface area contributed by atoms with Crippen LogP contribution in [0.25, 0.3) is 0 Å². The lowest BCUT2D eigenvalue weighted by atomic mass is 10.1. The second kappa shape index (κ2) is 6.18. The summed E-state index contributed by atoms with van der Waals surface area (Å²) in [5.41, 5.74) is 1.30. The van der Waals surface area contributed by atoms with E-state index in [1.165, 1.54) is 12.8 Å². The van der Waals surface area contributed by atoms with Crippen LogP contribution in [-0.2, 0) is 10.0 Å². The third-order valence-corrected chi connectivity index (χ3v) is 6.63. The zero-order valence-electron chi connectivity index (χ0n) is 14.5. The van der Waals surface area contributed by atoms with E-state index in [4.69, 9.17) is 0 Å². The Kier molecular flexibility index (Phi) is 4.55. The van der Waals surface area contributed by atoms with Gasteiger partial charge in [0.15, 0.2) is 0 Å². The minimum Gasteiger partial charge on any atom is -0.300 e. The molecule has 2 fully saturated rings. The Hall–Kier alpha value is -0.920. The molecule has 1 saturated heterocycles. The topological polar surface area (TPSA) is 67.2 Å². The Morgan fingerprint density at radius 3 is 2.52 bits per heavy atom. The molecule has 0 amide bonds. The van der Waals surface area contributed by atoms with Gasteiger partial charge in [0.2, 0.25) is 10.0 Å². The van der Waals surface area contributed by atoms with Crippen LogP contribution in [0, 0.1) is 19.8 Å². The van der Waals surface area contributed by atoms with Crippen molar-refractivity contribution in [2.45, 2.75) is 63.9 Å². The Labute approximate surface area is 139 Å². The van der Waals surface area contributed by atoms with E-state index < -0.39 is 10.0 Å². The Morgan fingerprint density at radius 2 is 1.96 bits per heavy atom. The fraction of sp³-hybridized carbons (Fsp3) is 0.812. The lowest BCUT2D eigenvalue weighted by molar-refractivity contribution is 0.314. The molecule has 1 atom stereocenters. The second-order valence-electron chi connectivity index (χ2n) is 7.27. The van der Waals surface area contributed by atoms with Gasteiger partial charge in [-0.25, -0.2) is 13.1 Å². The first-order valence-electron chi connectivity index (χ1n) is 8.59. The predicted molar refractivity (Wildman–Crippen MR) is 90.0 cm³/mol. The van der Waals surface area contributed by atoms with E-state index in [9.17, 15) is 8.42 Å². The molecule has 1 N–H and O–H groups in total. The Bertz CT molecular complexity index is 676. The largest absolute Gasteiger partial charge is 0.300 e. The van der Waals surface area contributed by atoms with Crippen molar-refractivity contribution in [1.82, 2.24) is 19.4 Å². The summed E-state index contributed by atoms with van der Waals surface area (Å²) in [5.74, 6) is 0.422. The van der Waals surface area contributed by atoms with Crippen molar-refractivity contribution < 1.29 is 8.42 Å². The van der Waals surface area contributed by atoms with Crippen molar-refractivity contribution in [2.24, 2.45) is 5.92 Å². The van der Waals surface area contributed by atoms with Crippen LogP contribution in [0.2, 0.25) is 0 Å². The molecule has 0 spiro atoms. The van der Waals surface area contributed by atoms with Gasteiger partial charge in [-0.1, -0.05) is 0 Å². The lowest BCUT2D eigenvalue weighted by Crippen LogP contribution is -2.32. The molecule has 0 aromatic carbocycles. The molecule has 0 bridgehead atoms.